The molecule has 21 heavy (non-hydrogen) atoms. The predicted octanol–water partition coefficient (Wildman–Crippen LogP) is 0.952. The van der Waals surface area contributed by atoms with Crippen molar-refractivity contribution < 1.29 is 14.7 Å². The molecule has 2 heterocycles. The van der Waals surface area contributed by atoms with Crippen LogP contribution in [0.3, 0.4) is 0 Å². The molecule has 114 valence electrons. The van der Waals surface area contributed by atoms with Gasteiger partial charge in [0.2, 0.25) is 5.91 Å². The van der Waals surface area contributed by atoms with E-state index >= 15 is 0 Å². The van der Waals surface area contributed by atoms with Gasteiger partial charge in [0.05, 0.1) is 0 Å². The summed E-state index contributed by atoms with van der Waals surface area (Å²) >= 11 is 0. The zero-order valence-corrected chi connectivity index (χ0v) is 11.9. The Balaban J connectivity index is 1.78. The molecule has 0 aliphatic carbocycles. The minimum atomic E-state index is -0.789. The Bertz CT molecular complexity index is 567. The number of rotatable bonds is 6. The summed E-state index contributed by atoms with van der Waals surface area (Å²) < 4.78 is 1.52. The molecule has 6 nitrogen and oxygen atoms in total. The number of hydrogen-bond donors (Lipinski definition) is 1. The van der Waals surface area contributed by atoms with Crippen molar-refractivity contribution in [1.29, 1.82) is 0 Å². The van der Waals surface area contributed by atoms with Crippen molar-refractivity contribution in [3.05, 3.63) is 34.7 Å². The largest absolute Gasteiger partial charge is 0.481 e. The van der Waals surface area contributed by atoms with Gasteiger partial charge in [-0.05, 0) is 24.8 Å². The van der Waals surface area contributed by atoms with Gasteiger partial charge in [-0.1, -0.05) is 6.07 Å². The summed E-state index contributed by atoms with van der Waals surface area (Å²) in [5.74, 6) is -0.476. The molecular formula is C15H20N2O4. The SMILES string of the molecule is O=C(O)CCC1CCN(C(=O)CCn2ccccc2=O)C1. The van der Waals surface area contributed by atoms with Crippen molar-refractivity contribution >= 4 is 11.9 Å². The van der Waals surface area contributed by atoms with Crippen LogP contribution >= 0.6 is 0 Å². The number of carboxylic acid groups (broad SMARTS) is 1. The standard InChI is InChI=1S/C15H20N2O4/c18-13-3-1-2-8-16(13)10-7-14(19)17-9-6-12(11-17)4-5-15(20)21/h1-3,8,12H,4-7,9-11H2,(H,20,21). The molecule has 1 saturated heterocycles. The Morgan fingerprint density at radius 3 is 2.81 bits per heavy atom. The van der Waals surface area contributed by atoms with Crippen molar-refractivity contribution in [2.24, 2.45) is 5.92 Å². The number of carbonyl (C=O) groups excluding carboxylic acids is 1. The van der Waals surface area contributed by atoms with Crippen LogP contribution in [0.4, 0.5) is 0 Å². The fraction of sp³-hybridized carbons (Fsp3) is 0.533. The van der Waals surface area contributed by atoms with E-state index < -0.39 is 5.97 Å². The normalized spacial score (nSPS) is 17.9. The van der Waals surface area contributed by atoms with Gasteiger partial charge < -0.3 is 14.6 Å². The number of carboxylic acids is 1. The summed E-state index contributed by atoms with van der Waals surface area (Å²) in [6, 6.07) is 4.92. The molecule has 0 spiro atoms. The highest BCUT2D eigenvalue weighted by Gasteiger charge is 2.26. The van der Waals surface area contributed by atoms with Crippen LogP contribution in [0.1, 0.15) is 25.7 Å². The number of aryl methyl sites for hydroxylation is 1. The van der Waals surface area contributed by atoms with E-state index in [0.29, 0.717) is 32.5 Å². The van der Waals surface area contributed by atoms with Crippen LogP contribution in [-0.4, -0.2) is 39.5 Å². The maximum atomic E-state index is 12.1. The lowest BCUT2D eigenvalue weighted by Crippen LogP contribution is -2.30. The molecule has 6 heteroatoms. The lowest BCUT2D eigenvalue weighted by atomic mass is 10.0. The zero-order chi connectivity index (χ0) is 15.2. The van der Waals surface area contributed by atoms with E-state index in [0.717, 1.165) is 6.42 Å². The van der Waals surface area contributed by atoms with Gasteiger partial charge in [-0.25, -0.2) is 0 Å². The highest BCUT2D eigenvalue weighted by Crippen LogP contribution is 2.21. The highest BCUT2D eigenvalue weighted by molar-refractivity contribution is 5.76. The molecule has 1 amide bonds. The summed E-state index contributed by atoms with van der Waals surface area (Å²) in [6.45, 7) is 1.71. The minimum Gasteiger partial charge on any atom is -0.481 e. The van der Waals surface area contributed by atoms with Crippen molar-refractivity contribution in [2.75, 3.05) is 13.1 Å². The number of hydrogen-bond acceptors (Lipinski definition) is 3. The highest BCUT2D eigenvalue weighted by atomic mass is 16.4. The molecule has 0 aromatic carbocycles. The van der Waals surface area contributed by atoms with Crippen LogP contribution in [0, 0.1) is 5.92 Å². The first-order valence-corrected chi connectivity index (χ1v) is 7.21. The van der Waals surface area contributed by atoms with Crippen molar-refractivity contribution in [3.63, 3.8) is 0 Å². The Morgan fingerprint density at radius 2 is 2.10 bits per heavy atom. The van der Waals surface area contributed by atoms with Crippen LogP contribution in [0.5, 0.6) is 0 Å². The second-order valence-electron chi connectivity index (χ2n) is 5.41. The summed E-state index contributed by atoms with van der Waals surface area (Å²) in [6.07, 6.45) is 3.62. The lowest BCUT2D eigenvalue weighted by Gasteiger charge is -2.16. The number of carbonyl (C=O) groups is 2. The third-order valence-electron chi connectivity index (χ3n) is 3.87. The smallest absolute Gasteiger partial charge is 0.303 e. The fourth-order valence-electron chi connectivity index (χ4n) is 2.64. The molecule has 1 aromatic heterocycles. The first kappa shape index (κ1) is 15.3. The van der Waals surface area contributed by atoms with Crippen LogP contribution in [-0.2, 0) is 16.1 Å². The average molecular weight is 292 g/mol. The molecule has 0 radical (unpaired) electrons. The van der Waals surface area contributed by atoms with Crippen molar-refractivity contribution in [1.82, 2.24) is 9.47 Å². The van der Waals surface area contributed by atoms with Crippen molar-refractivity contribution in [2.45, 2.75) is 32.2 Å². The van der Waals surface area contributed by atoms with Gasteiger partial charge in [0.15, 0.2) is 0 Å². The summed E-state index contributed by atoms with van der Waals surface area (Å²) in [5.41, 5.74) is -0.106. The molecule has 1 aliphatic heterocycles. The van der Waals surface area contributed by atoms with Gasteiger partial charge in [-0.3, -0.25) is 14.4 Å². The topological polar surface area (TPSA) is 79.6 Å². The third kappa shape index (κ3) is 4.44. The maximum Gasteiger partial charge on any atom is 0.303 e. The third-order valence-corrected chi connectivity index (χ3v) is 3.87. The number of aromatic nitrogens is 1. The molecule has 0 bridgehead atoms. The van der Waals surface area contributed by atoms with Gasteiger partial charge in [0.25, 0.3) is 5.56 Å². The van der Waals surface area contributed by atoms with Crippen LogP contribution in [0.15, 0.2) is 29.2 Å². The van der Waals surface area contributed by atoms with Gasteiger partial charge in [-0.15, -0.1) is 0 Å². The van der Waals surface area contributed by atoms with E-state index in [1.165, 1.54) is 10.6 Å². The zero-order valence-electron chi connectivity index (χ0n) is 11.9. The number of aliphatic carboxylic acids is 1. The predicted molar refractivity (Wildman–Crippen MR) is 76.9 cm³/mol. The molecule has 1 atom stereocenters. The van der Waals surface area contributed by atoms with Gasteiger partial charge in [0, 0.05) is 44.7 Å². The Morgan fingerprint density at radius 1 is 1.29 bits per heavy atom. The monoisotopic (exact) mass is 292 g/mol. The van der Waals surface area contributed by atoms with Gasteiger partial charge in [0.1, 0.15) is 0 Å². The van der Waals surface area contributed by atoms with E-state index in [2.05, 4.69) is 0 Å². The molecule has 1 N–H and O–H groups in total. The first-order valence-electron chi connectivity index (χ1n) is 7.21. The van der Waals surface area contributed by atoms with E-state index in [-0.39, 0.29) is 23.8 Å². The van der Waals surface area contributed by atoms with E-state index in [9.17, 15) is 14.4 Å². The van der Waals surface area contributed by atoms with Gasteiger partial charge >= 0.3 is 5.97 Å². The second kappa shape index (κ2) is 7.06. The molecule has 1 aromatic rings. The Hall–Kier alpha value is -2.11. The maximum absolute atomic E-state index is 12.1. The van der Waals surface area contributed by atoms with Crippen LogP contribution in [0.2, 0.25) is 0 Å². The molecule has 2 rings (SSSR count). The van der Waals surface area contributed by atoms with Crippen LogP contribution < -0.4 is 5.56 Å². The molecule has 1 fully saturated rings. The molecular weight excluding hydrogens is 272 g/mol. The minimum absolute atomic E-state index is 0.0311. The number of amides is 1. The van der Waals surface area contributed by atoms with E-state index in [4.69, 9.17) is 5.11 Å². The van der Waals surface area contributed by atoms with Crippen molar-refractivity contribution in [3.8, 4) is 0 Å². The quantitative estimate of drug-likeness (QED) is 0.846. The molecule has 1 aliphatic rings. The first-order chi connectivity index (χ1) is 10.1. The molecule has 1 unspecified atom stereocenters. The average Bonchev–Trinajstić information content (AvgIpc) is 2.93. The Labute approximate surface area is 123 Å². The number of pyridine rings is 1. The Kier molecular flexibility index (Phi) is 5.14. The molecule has 0 saturated carbocycles. The fourth-order valence-corrected chi connectivity index (χ4v) is 2.64. The van der Waals surface area contributed by atoms with E-state index in [1.807, 2.05) is 0 Å². The summed E-state index contributed by atoms with van der Waals surface area (Å²) in [7, 11) is 0. The second-order valence-corrected chi connectivity index (χ2v) is 5.41. The number of nitrogens with zero attached hydrogens (tertiary/aromatic N) is 2. The van der Waals surface area contributed by atoms with E-state index in [1.54, 1.807) is 23.2 Å². The van der Waals surface area contributed by atoms with Gasteiger partial charge in [-0.2, -0.15) is 0 Å². The summed E-state index contributed by atoms with van der Waals surface area (Å²) in [5, 5.41) is 8.67. The number of likely N-dealkylation sites (tertiary alicyclic amines) is 1. The van der Waals surface area contributed by atoms with Crippen LogP contribution in [0.25, 0.3) is 0 Å². The summed E-state index contributed by atoms with van der Waals surface area (Å²) in [4.78, 5) is 36.0. The lowest BCUT2D eigenvalue weighted by molar-refractivity contribution is -0.137.